The van der Waals surface area contributed by atoms with Gasteiger partial charge in [0, 0.05) is 30.4 Å². The van der Waals surface area contributed by atoms with Crippen LogP contribution in [0.15, 0.2) is 36.5 Å². The first kappa shape index (κ1) is 10.5. The molecule has 0 radical (unpaired) electrons. The molecule has 88 valence electrons. The van der Waals surface area contributed by atoms with Gasteiger partial charge in [-0.3, -0.25) is 4.98 Å². The number of fused-ring (bicyclic) bond motifs is 1. The minimum Gasteiger partial charge on any atom is -0.382 e. The number of hydrogen-bond donors (Lipinski definition) is 1. The fourth-order valence-corrected chi connectivity index (χ4v) is 2.28. The average molecular weight is 228 g/mol. The Labute approximate surface area is 101 Å². The maximum atomic E-state index is 5.27. The van der Waals surface area contributed by atoms with Crippen LogP contribution in [0.1, 0.15) is 12.8 Å². The van der Waals surface area contributed by atoms with Gasteiger partial charge in [-0.05, 0) is 37.1 Å². The van der Waals surface area contributed by atoms with Gasteiger partial charge < -0.3 is 10.1 Å². The number of nitrogens with one attached hydrogen (secondary N) is 1. The molecule has 0 unspecified atom stereocenters. The first-order valence-corrected chi connectivity index (χ1v) is 5.99. The molecule has 0 bridgehead atoms. The van der Waals surface area contributed by atoms with Crippen molar-refractivity contribution in [1.29, 1.82) is 0 Å². The highest BCUT2D eigenvalue weighted by molar-refractivity contribution is 5.82. The SMILES string of the molecule is COC1CC(Nc2ccc3ncccc3c2)C1. The van der Waals surface area contributed by atoms with Gasteiger partial charge in [0.25, 0.3) is 0 Å². The summed E-state index contributed by atoms with van der Waals surface area (Å²) in [6.45, 7) is 0. The van der Waals surface area contributed by atoms with E-state index in [0.717, 1.165) is 18.4 Å². The van der Waals surface area contributed by atoms with Gasteiger partial charge in [-0.15, -0.1) is 0 Å². The Morgan fingerprint density at radius 1 is 1.29 bits per heavy atom. The predicted octanol–water partition coefficient (Wildman–Crippen LogP) is 2.82. The van der Waals surface area contributed by atoms with Crippen LogP contribution in [0.4, 0.5) is 5.69 Å². The Bertz CT molecular complexity index is 520. The number of aromatic nitrogens is 1. The molecule has 0 aliphatic heterocycles. The summed E-state index contributed by atoms with van der Waals surface area (Å²) in [5, 5.41) is 4.71. The van der Waals surface area contributed by atoms with Crippen molar-refractivity contribution in [3.8, 4) is 0 Å². The van der Waals surface area contributed by atoms with Crippen molar-refractivity contribution in [3.63, 3.8) is 0 Å². The third kappa shape index (κ3) is 2.11. The van der Waals surface area contributed by atoms with E-state index in [1.165, 1.54) is 11.1 Å². The monoisotopic (exact) mass is 228 g/mol. The Kier molecular flexibility index (Phi) is 2.69. The van der Waals surface area contributed by atoms with Crippen LogP contribution < -0.4 is 5.32 Å². The van der Waals surface area contributed by atoms with Crippen molar-refractivity contribution in [2.24, 2.45) is 0 Å². The van der Waals surface area contributed by atoms with Crippen molar-refractivity contribution in [1.82, 2.24) is 4.98 Å². The van der Waals surface area contributed by atoms with Gasteiger partial charge in [-0.25, -0.2) is 0 Å². The molecule has 17 heavy (non-hydrogen) atoms. The zero-order valence-corrected chi connectivity index (χ0v) is 9.89. The smallest absolute Gasteiger partial charge is 0.0703 e. The summed E-state index contributed by atoms with van der Waals surface area (Å²) in [5.41, 5.74) is 2.21. The number of benzene rings is 1. The predicted molar refractivity (Wildman–Crippen MR) is 69.2 cm³/mol. The van der Waals surface area contributed by atoms with Gasteiger partial charge in [0.15, 0.2) is 0 Å². The molecular formula is C14H16N2O. The Morgan fingerprint density at radius 2 is 2.18 bits per heavy atom. The van der Waals surface area contributed by atoms with Crippen LogP contribution in [0.3, 0.4) is 0 Å². The maximum Gasteiger partial charge on any atom is 0.0703 e. The van der Waals surface area contributed by atoms with Crippen LogP contribution in [0.25, 0.3) is 10.9 Å². The van der Waals surface area contributed by atoms with E-state index in [1.54, 1.807) is 7.11 Å². The van der Waals surface area contributed by atoms with Crippen LogP contribution in [0.2, 0.25) is 0 Å². The van der Waals surface area contributed by atoms with Gasteiger partial charge in [0.1, 0.15) is 0 Å². The lowest BCUT2D eigenvalue weighted by atomic mass is 9.89. The molecular weight excluding hydrogens is 212 g/mol. The summed E-state index contributed by atoms with van der Waals surface area (Å²) >= 11 is 0. The molecule has 1 saturated carbocycles. The molecule has 1 aromatic heterocycles. The van der Waals surface area contributed by atoms with E-state index in [4.69, 9.17) is 4.74 Å². The first-order chi connectivity index (χ1) is 8.35. The zero-order valence-electron chi connectivity index (χ0n) is 9.89. The Morgan fingerprint density at radius 3 is 3.00 bits per heavy atom. The second-order valence-electron chi connectivity index (χ2n) is 4.58. The van der Waals surface area contributed by atoms with E-state index >= 15 is 0 Å². The van der Waals surface area contributed by atoms with Crippen LogP contribution in [-0.2, 0) is 4.74 Å². The van der Waals surface area contributed by atoms with E-state index in [9.17, 15) is 0 Å². The van der Waals surface area contributed by atoms with Gasteiger partial charge in [0.05, 0.1) is 11.6 Å². The van der Waals surface area contributed by atoms with E-state index in [1.807, 2.05) is 12.3 Å². The summed E-state index contributed by atoms with van der Waals surface area (Å²) in [7, 11) is 1.78. The molecule has 3 heteroatoms. The molecule has 3 nitrogen and oxygen atoms in total. The van der Waals surface area contributed by atoms with Crippen LogP contribution >= 0.6 is 0 Å². The lowest BCUT2D eigenvalue weighted by Crippen LogP contribution is -2.40. The average Bonchev–Trinajstić information content (AvgIpc) is 2.33. The lowest BCUT2D eigenvalue weighted by Gasteiger charge is -2.35. The maximum absolute atomic E-state index is 5.27. The topological polar surface area (TPSA) is 34.1 Å². The minimum absolute atomic E-state index is 0.439. The molecule has 1 fully saturated rings. The van der Waals surface area contributed by atoms with Crippen LogP contribution in [-0.4, -0.2) is 24.2 Å². The van der Waals surface area contributed by atoms with Crippen molar-refractivity contribution in [2.45, 2.75) is 25.0 Å². The standard InChI is InChI=1S/C14H16N2O/c1-17-13-8-12(9-13)16-11-4-5-14-10(7-11)3-2-6-15-14/h2-7,12-13,16H,8-9H2,1H3. The Balaban J connectivity index is 1.73. The number of rotatable bonds is 3. The number of anilines is 1. The fraction of sp³-hybridized carbons (Fsp3) is 0.357. The molecule has 0 spiro atoms. The number of nitrogens with zero attached hydrogens (tertiary/aromatic N) is 1. The van der Waals surface area contributed by atoms with Gasteiger partial charge in [-0.2, -0.15) is 0 Å². The second-order valence-corrected chi connectivity index (χ2v) is 4.58. The third-order valence-electron chi connectivity index (χ3n) is 3.40. The lowest BCUT2D eigenvalue weighted by molar-refractivity contribution is 0.0329. The number of pyridine rings is 1. The fourth-order valence-electron chi connectivity index (χ4n) is 2.28. The molecule has 0 saturated heterocycles. The highest BCUT2D eigenvalue weighted by Gasteiger charge is 2.28. The summed E-state index contributed by atoms with van der Waals surface area (Å²) in [6.07, 6.45) is 4.46. The van der Waals surface area contributed by atoms with Crippen LogP contribution in [0.5, 0.6) is 0 Å². The van der Waals surface area contributed by atoms with E-state index in [-0.39, 0.29) is 0 Å². The second kappa shape index (κ2) is 4.34. The number of ether oxygens (including phenoxy) is 1. The Hall–Kier alpha value is -1.61. The van der Waals surface area contributed by atoms with E-state index in [0.29, 0.717) is 12.1 Å². The summed E-state index contributed by atoms with van der Waals surface area (Å²) in [6, 6.07) is 10.9. The quantitative estimate of drug-likeness (QED) is 0.877. The first-order valence-electron chi connectivity index (χ1n) is 5.99. The summed E-state index contributed by atoms with van der Waals surface area (Å²) in [5.74, 6) is 0. The van der Waals surface area contributed by atoms with Crippen molar-refractivity contribution in [2.75, 3.05) is 12.4 Å². The normalized spacial score (nSPS) is 23.4. The van der Waals surface area contributed by atoms with E-state index in [2.05, 4.69) is 34.6 Å². The largest absolute Gasteiger partial charge is 0.382 e. The highest BCUT2D eigenvalue weighted by Crippen LogP contribution is 2.27. The van der Waals surface area contributed by atoms with Gasteiger partial charge >= 0.3 is 0 Å². The summed E-state index contributed by atoms with van der Waals surface area (Å²) in [4.78, 5) is 4.31. The minimum atomic E-state index is 0.439. The molecule has 1 aliphatic carbocycles. The van der Waals surface area contributed by atoms with E-state index < -0.39 is 0 Å². The molecule has 1 N–H and O–H groups in total. The third-order valence-corrected chi connectivity index (χ3v) is 3.40. The molecule has 1 aromatic carbocycles. The van der Waals surface area contributed by atoms with Gasteiger partial charge in [-0.1, -0.05) is 6.07 Å². The highest BCUT2D eigenvalue weighted by atomic mass is 16.5. The zero-order chi connectivity index (χ0) is 11.7. The van der Waals surface area contributed by atoms with Crippen LogP contribution in [0, 0.1) is 0 Å². The molecule has 1 heterocycles. The molecule has 0 atom stereocenters. The van der Waals surface area contributed by atoms with Crippen molar-refractivity contribution < 1.29 is 4.74 Å². The molecule has 2 aromatic rings. The summed E-state index contributed by atoms with van der Waals surface area (Å²) < 4.78 is 5.27. The van der Waals surface area contributed by atoms with Crippen molar-refractivity contribution >= 4 is 16.6 Å². The van der Waals surface area contributed by atoms with Crippen molar-refractivity contribution in [3.05, 3.63) is 36.5 Å². The number of hydrogen-bond acceptors (Lipinski definition) is 3. The molecule has 3 rings (SSSR count). The number of methoxy groups -OCH3 is 1. The molecule has 0 amide bonds. The van der Waals surface area contributed by atoms with Gasteiger partial charge in [0.2, 0.25) is 0 Å². The molecule has 1 aliphatic rings.